The molecule has 3 heterocycles. The zero-order valence-electron chi connectivity index (χ0n) is 14.4. The smallest absolute Gasteiger partial charge is 0.305 e. The molecule has 2 aromatic rings. The van der Waals surface area contributed by atoms with Gasteiger partial charge in [-0.15, -0.1) is 0 Å². The number of aryl methyl sites for hydroxylation is 1. The average Bonchev–Trinajstić information content (AvgIpc) is 3.19. The van der Waals surface area contributed by atoms with Gasteiger partial charge in [-0.1, -0.05) is 6.07 Å². The van der Waals surface area contributed by atoms with Gasteiger partial charge in [-0.05, 0) is 49.8 Å². The largest absolute Gasteiger partial charge is 0.469 e. The Morgan fingerprint density at radius 3 is 2.84 bits per heavy atom. The summed E-state index contributed by atoms with van der Waals surface area (Å²) in [4.78, 5) is 21.4. The number of nitrogens with one attached hydrogen (secondary N) is 2. The number of nitrogens with zero attached hydrogens (tertiary/aromatic N) is 2. The van der Waals surface area contributed by atoms with E-state index in [-0.39, 0.29) is 18.1 Å². The molecule has 25 heavy (non-hydrogen) atoms. The van der Waals surface area contributed by atoms with E-state index in [0.717, 1.165) is 17.1 Å². The minimum atomic E-state index is -0.202. The molecule has 0 saturated carbocycles. The Kier molecular flexibility index (Phi) is 5.33. The van der Waals surface area contributed by atoms with E-state index in [0.29, 0.717) is 24.5 Å². The van der Waals surface area contributed by atoms with E-state index < -0.39 is 0 Å². The van der Waals surface area contributed by atoms with E-state index in [9.17, 15) is 4.79 Å². The van der Waals surface area contributed by atoms with Crippen molar-refractivity contribution in [2.45, 2.75) is 31.8 Å². The summed E-state index contributed by atoms with van der Waals surface area (Å²) in [6.07, 6.45) is 2.84. The molecule has 132 valence electrons. The van der Waals surface area contributed by atoms with E-state index in [1.165, 1.54) is 7.11 Å². The topological polar surface area (TPSA) is 70.2 Å². The molecule has 0 unspecified atom stereocenters. The lowest BCUT2D eigenvalue weighted by molar-refractivity contribution is -0.140. The number of pyridine rings is 1. The zero-order chi connectivity index (χ0) is 17.8. The number of methoxy groups -OCH3 is 1. The van der Waals surface area contributed by atoms with E-state index in [1.54, 1.807) is 6.20 Å². The Balaban J connectivity index is 1.85. The number of carbonyl (C=O) groups is 1. The van der Waals surface area contributed by atoms with Crippen molar-refractivity contribution < 1.29 is 9.53 Å². The minimum absolute atomic E-state index is 0.00810. The second kappa shape index (κ2) is 7.65. The first-order valence-corrected chi connectivity index (χ1v) is 8.71. The van der Waals surface area contributed by atoms with Crippen LogP contribution in [0.2, 0.25) is 0 Å². The van der Waals surface area contributed by atoms with Gasteiger partial charge in [0.05, 0.1) is 24.9 Å². The lowest BCUT2D eigenvalue weighted by Gasteiger charge is -2.26. The summed E-state index contributed by atoms with van der Waals surface area (Å²) in [5, 5.41) is 4.07. The fourth-order valence-corrected chi connectivity index (χ4v) is 3.51. The molecule has 1 aliphatic rings. The first-order chi connectivity index (χ1) is 12.1. The number of aromatic nitrogens is 2. The predicted octanol–water partition coefficient (Wildman–Crippen LogP) is 2.64. The number of rotatable bonds is 6. The maximum Gasteiger partial charge on any atom is 0.305 e. The SMILES string of the molecule is COC(=O)CCCN1C(=S)N[C@H](c2ccccn2)[C@@H]1c1ccc(C)[nH]1. The molecule has 2 N–H and O–H groups in total. The van der Waals surface area contributed by atoms with Crippen LogP contribution in [0.4, 0.5) is 0 Å². The number of esters is 1. The number of carbonyl (C=O) groups excluding carboxylic acids is 1. The van der Waals surface area contributed by atoms with Gasteiger partial charge in [-0.2, -0.15) is 0 Å². The molecular formula is C18H22N4O2S. The Morgan fingerprint density at radius 2 is 2.20 bits per heavy atom. The normalized spacial score (nSPS) is 19.8. The molecule has 1 fully saturated rings. The van der Waals surface area contributed by atoms with Crippen molar-refractivity contribution in [3.63, 3.8) is 0 Å². The summed E-state index contributed by atoms with van der Waals surface area (Å²) in [6.45, 7) is 2.70. The van der Waals surface area contributed by atoms with Gasteiger partial charge in [0.2, 0.25) is 0 Å². The molecule has 0 radical (unpaired) electrons. The van der Waals surface area contributed by atoms with Crippen LogP contribution in [0.25, 0.3) is 0 Å². The van der Waals surface area contributed by atoms with Crippen LogP contribution in [0.5, 0.6) is 0 Å². The summed E-state index contributed by atoms with van der Waals surface area (Å²) in [5.74, 6) is -0.202. The summed E-state index contributed by atoms with van der Waals surface area (Å²) in [6, 6.07) is 9.99. The highest BCUT2D eigenvalue weighted by Crippen LogP contribution is 2.38. The second-order valence-electron chi connectivity index (χ2n) is 6.10. The number of H-pyrrole nitrogens is 1. The Labute approximate surface area is 152 Å². The van der Waals surface area contributed by atoms with Crippen LogP contribution >= 0.6 is 12.2 Å². The first-order valence-electron chi connectivity index (χ1n) is 8.30. The maximum atomic E-state index is 11.4. The van der Waals surface area contributed by atoms with Crippen LogP contribution < -0.4 is 5.32 Å². The third-order valence-electron chi connectivity index (χ3n) is 4.38. The van der Waals surface area contributed by atoms with Gasteiger partial charge in [-0.25, -0.2) is 0 Å². The molecule has 3 rings (SSSR count). The molecule has 2 aromatic heterocycles. The minimum Gasteiger partial charge on any atom is -0.469 e. The fraction of sp³-hybridized carbons (Fsp3) is 0.389. The van der Waals surface area contributed by atoms with E-state index in [2.05, 4.69) is 32.3 Å². The van der Waals surface area contributed by atoms with Gasteiger partial charge in [0.25, 0.3) is 0 Å². The lowest BCUT2D eigenvalue weighted by Crippen LogP contribution is -2.31. The standard InChI is InChI=1S/C18H22N4O2S/c1-12-8-9-14(20-12)17-16(13-6-3-4-10-19-13)21-18(25)22(17)11-5-7-15(23)24-2/h3-4,6,8-10,16-17,20H,5,7,11H2,1-2H3,(H,21,25)/t16-,17+/m1/s1. The highest BCUT2D eigenvalue weighted by molar-refractivity contribution is 7.80. The van der Waals surface area contributed by atoms with E-state index >= 15 is 0 Å². The Morgan fingerprint density at radius 1 is 1.36 bits per heavy atom. The molecule has 0 aliphatic carbocycles. The van der Waals surface area contributed by atoms with Crippen molar-refractivity contribution in [3.8, 4) is 0 Å². The number of thiocarbonyl (C=S) groups is 1. The maximum absolute atomic E-state index is 11.4. The molecule has 6 nitrogen and oxygen atoms in total. The van der Waals surface area contributed by atoms with Crippen molar-refractivity contribution in [2.24, 2.45) is 0 Å². The zero-order valence-corrected chi connectivity index (χ0v) is 15.2. The fourth-order valence-electron chi connectivity index (χ4n) is 3.18. The quantitative estimate of drug-likeness (QED) is 0.611. The van der Waals surface area contributed by atoms with Crippen molar-refractivity contribution in [3.05, 3.63) is 53.6 Å². The van der Waals surface area contributed by atoms with Gasteiger partial charge in [0.1, 0.15) is 0 Å². The third-order valence-corrected chi connectivity index (χ3v) is 4.73. The van der Waals surface area contributed by atoms with E-state index in [1.807, 2.05) is 25.1 Å². The van der Waals surface area contributed by atoms with Gasteiger partial charge < -0.3 is 19.9 Å². The van der Waals surface area contributed by atoms with Crippen LogP contribution in [0.15, 0.2) is 36.5 Å². The molecule has 0 bridgehead atoms. The molecule has 1 saturated heterocycles. The molecule has 2 atom stereocenters. The number of aromatic amines is 1. The number of ether oxygens (including phenoxy) is 1. The number of hydrogen-bond donors (Lipinski definition) is 2. The highest BCUT2D eigenvalue weighted by atomic mass is 32.1. The van der Waals surface area contributed by atoms with Crippen molar-refractivity contribution in [1.29, 1.82) is 0 Å². The van der Waals surface area contributed by atoms with Crippen LogP contribution in [-0.4, -0.2) is 39.6 Å². The molecule has 0 amide bonds. The predicted molar refractivity (Wildman–Crippen MR) is 98.9 cm³/mol. The molecule has 1 aliphatic heterocycles. The van der Waals surface area contributed by atoms with Crippen molar-refractivity contribution in [1.82, 2.24) is 20.2 Å². The lowest BCUT2D eigenvalue weighted by atomic mass is 10.0. The molecule has 0 aromatic carbocycles. The molecule has 7 heteroatoms. The van der Waals surface area contributed by atoms with Crippen molar-refractivity contribution >= 4 is 23.3 Å². The van der Waals surface area contributed by atoms with Crippen LogP contribution in [0.1, 0.15) is 42.0 Å². The summed E-state index contributed by atoms with van der Waals surface area (Å²) < 4.78 is 4.72. The first kappa shape index (κ1) is 17.4. The highest BCUT2D eigenvalue weighted by Gasteiger charge is 2.40. The van der Waals surface area contributed by atoms with Crippen LogP contribution in [-0.2, 0) is 9.53 Å². The monoisotopic (exact) mass is 358 g/mol. The second-order valence-corrected chi connectivity index (χ2v) is 6.48. The summed E-state index contributed by atoms with van der Waals surface area (Å²) in [5.41, 5.74) is 3.12. The number of hydrogen-bond acceptors (Lipinski definition) is 4. The van der Waals surface area contributed by atoms with Gasteiger partial charge >= 0.3 is 5.97 Å². The van der Waals surface area contributed by atoms with Crippen LogP contribution in [0, 0.1) is 6.92 Å². The molecular weight excluding hydrogens is 336 g/mol. The Bertz CT molecular complexity index is 747. The van der Waals surface area contributed by atoms with Gasteiger partial charge in [-0.3, -0.25) is 9.78 Å². The van der Waals surface area contributed by atoms with Gasteiger partial charge in [0, 0.05) is 30.6 Å². The van der Waals surface area contributed by atoms with Crippen molar-refractivity contribution in [2.75, 3.05) is 13.7 Å². The van der Waals surface area contributed by atoms with E-state index in [4.69, 9.17) is 17.0 Å². The van der Waals surface area contributed by atoms with Crippen LogP contribution in [0.3, 0.4) is 0 Å². The third kappa shape index (κ3) is 3.82. The summed E-state index contributed by atoms with van der Waals surface area (Å²) in [7, 11) is 1.41. The summed E-state index contributed by atoms with van der Waals surface area (Å²) >= 11 is 5.57. The molecule has 0 spiro atoms. The van der Waals surface area contributed by atoms with Gasteiger partial charge in [0.15, 0.2) is 5.11 Å². The average molecular weight is 358 g/mol. The Hall–Kier alpha value is -2.41.